The molecule has 0 unspecified atom stereocenters. The van der Waals surface area contributed by atoms with E-state index in [1.807, 2.05) is 48.5 Å². The van der Waals surface area contributed by atoms with E-state index in [4.69, 9.17) is 12.2 Å². The SMILES string of the molecule is S=c1cc(-c2ccccc2)[nH]c(-c2ccc(Br)cn2)n1. The van der Waals surface area contributed by atoms with Gasteiger partial charge in [0, 0.05) is 16.4 Å². The van der Waals surface area contributed by atoms with Gasteiger partial charge in [0.2, 0.25) is 0 Å². The summed E-state index contributed by atoms with van der Waals surface area (Å²) in [6, 6.07) is 15.7. The first-order chi connectivity index (χ1) is 9.72. The van der Waals surface area contributed by atoms with Gasteiger partial charge >= 0.3 is 0 Å². The Labute approximate surface area is 129 Å². The lowest BCUT2D eigenvalue weighted by atomic mass is 10.1. The molecule has 0 aliphatic carbocycles. The molecule has 3 rings (SSSR count). The van der Waals surface area contributed by atoms with Gasteiger partial charge in [-0.25, -0.2) is 4.98 Å². The van der Waals surface area contributed by atoms with Crippen LogP contribution in [-0.4, -0.2) is 15.0 Å². The zero-order valence-corrected chi connectivity index (χ0v) is 12.8. The number of aromatic nitrogens is 3. The van der Waals surface area contributed by atoms with Crippen LogP contribution in [-0.2, 0) is 0 Å². The number of aromatic amines is 1. The molecule has 0 radical (unpaired) electrons. The van der Waals surface area contributed by atoms with Crippen molar-refractivity contribution in [1.29, 1.82) is 0 Å². The maximum absolute atomic E-state index is 5.24. The van der Waals surface area contributed by atoms with Crippen molar-refractivity contribution >= 4 is 28.1 Å². The van der Waals surface area contributed by atoms with Gasteiger partial charge in [-0.05, 0) is 39.7 Å². The van der Waals surface area contributed by atoms with Gasteiger partial charge in [-0.1, -0.05) is 42.5 Å². The van der Waals surface area contributed by atoms with E-state index in [-0.39, 0.29) is 0 Å². The molecular weight excluding hydrogens is 334 g/mol. The summed E-state index contributed by atoms with van der Waals surface area (Å²) < 4.78 is 1.47. The molecule has 20 heavy (non-hydrogen) atoms. The molecule has 0 atom stereocenters. The van der Waals surface area contributed by atoms with E-state index in [1.54, 1.807) is 6.20 Å². The zero-order valence-electron chi connectivity index (χ0n) is 10.4. The average Bonchev–Trinajstić information content (AvgIpc) is 2.48. The highest BCUT2D eigenvalue weighted by Crippen LogP contribution is 2.20. The highest BCUT2D eigenvalue weighted by atomic mass is 79.9. The fourth-order valence-corrected chi connectivity index (χ4v) is 2.31. The van der Waals surface area contributed by atoms with Gasteiger partial charge in [0.15, 0.2) is 5.82 Å². The topological polar surface area (TPSA) is 41.6 Å². The van der Waals surface area contributed by atoms with Crippen molar-refractivity contribution in [2.45, 2.75) is 0 Å². The number of H-pyrrole nitrogens is 1. The third kappa shape index (κ3) is 2.84. The Balaban J connectivity index is 2.12. The Morgan fingerprint density at radius 1 is 1.05 bits per heavy atom. The maximum Gasteiger partial charge on any atom is 0.158 e. The number of hydrogen-bond acceptors (Lipinski definition) is 3. The standard InChI is InChI=1S/C15H10BrN3S/c16-11-6-7-12(17-9-11)15-18-13(8-14(20)19-15)10-4-2-1-3-5-10/h1-9H,(H,18,19,20). The third-order valence-corrected chi connectivity index (χ3v) is 3.48. The normalized spacial score (nSPS) is 10.4. The predicted octanol–water partition coefficient (Wildman–Crippen LogP) is 4.63. The van der Waals surface area contributed by atoms with E-state index in [9.17, 15) is 0 Å². The minimum absolute atomic E-state index is 0.544. The van der Waals surface area contributed by atoms with Gasteiger partial charge in [0.25, 0.3) is 0 Å². The van der Waals surface area contributed by atoms with Crippen LogP contribution in [0, 0.1) is 4.64 Å². The third-order valence-electron chi connectivity index (χ3n) is 2.80. The second kappa shape index (κ2) is 5.64. The van der Waals surface area contributed by atoms with Crippen molar-refractivity contribution in [3.63, 3.8) is 0 Å². The molecule has 0 saturated heterocycles. The predicted molar refractivity (Wildman–Crippen MR) is 85.8 cm³/mol. The van der Waals surface area contributed by atoms with Crippen LogP contribution < -0.4 is 0 Å². The lowest BCUT2D eigenvalue weighted by Gasteiger charge is -2.06. The van der Waals surface area contributed by atoms with Crippen LogP contribution in [0.4, 0.5) is 0 Å². The lowest BCUT2D eigenvalue weighted by molar-refractivity contribution is 1.13. The van der Waals surface area contributed by atoms with Crippen LogP contribution in [0.1, 0.15) is 0 Å². The first-order valence-electron chi connectivity index (χ1n) is 6.01. The summed E-state index contributed by atoms with van der Waals surface area (Å²) in [5.41, 5.74) is 2.77. The molecule has 1 N–H and O–H groups in total. The summed E-state index contributed by atoms with van der Waals surface area (Å²) in [5, 5.41) is 0. The van der Waals surface area contributed by atoms with Crippen LogP contribution in [0.2, 0.25) is 0 Å². The first-order valence-corrected chi connectivity index (χ1v) is 7.21. The number of rotatable bonds is 2. The lowest BCUT2D eigenvalue weighted by Crippen LogP contribution is -1.94. The summed E-state index contributed by atoms with van der Waals surface area (Å²) in [4.78, 5) is 12.0. The number of benzene rings is 1. The Kier molecular flexibility index (Phi) is 3.71. The Morgan fingerprint density at radius 2 is 1.85 bits per heavy atom. The van der Waals surface area contributed by atoms with Gasteiger partial charge in [-0.3, -0.25) is 4.98 Å². The van der Waals surface area contributed by atoms with Crippen molar-refractivity contribution in [3.05, 3.63) is 63.8 Å². The van der Waals surface area contributed by atoms with Gasteiger partial charge in [-0.15, -0.1) is 0 Å². The Hall–Kier alpha value is -1.85. The van der Waals surface area contributed by atoms with E-state index in [2.05, 4.69) is 30.9 Å². The molecule has 2 heterocycles. The average molecular weight is 344 g/mol. The maximum atomic E-state index is 5.24. The molecule has 0 aliphatic heterocycles. The molecule has 0 bridgehead atoms. The second-order valence-electron chi connectivity index (χ2n) is 4.21. The molecule has 0 saturated carbocycles. The van der Waals surface area contributed by atoms with Gasteiger partial charge < -0.3 is 4.98 Å². The van der Waals surface area contributed by atoms with E-state index in [1.165, 1.54) is 0 Å². The van der Waals surface area contributed by atoms with Gasteiger partial charge in [-0.2, -0.15) is 0 Å². The van der Waals surface area contributed by atoms with E-state index < -0.39 is 0 Å². The molecule has 98 valence electrons. The monoisotopic (exact) mass is 343 g/mol. The fourth-order valence-electron chi connectivity index (χ4n) is 1.87. The summed E-state index contributed by atoms with van der Waals surface area (Å²) in [6.07, 6.45) is 1.74. The number of nitrogens with one attached hydrogen (secondary N) is 1. The molecule has 0 fully saturated rings. The molecule has 1 aromatic carbocycles. The molecular formula is C15H10BrN3S. The van der Waals surface area contributed by atoms with Crippen molar-refractivity contribution in [2.24, 2.45) is 0 Å². The Bertz CT molecular complexity index is 782. The summed E-state index contributed by atoms with van der Waals surface area (Å²) in [7, 11) is 0. The quantitative estimate of drug-likeness (QED) is 0.689. The number of halogens is 1. The number of nitrogens with zero attached hydrogens (tertiary/aromatic N) is 2. The van der Waals surface area contributed by atoms with Crippen molar-refractivity contribution < 1.29 is 0 Å². The molecule has 0 amide bonds. The largest absolute Gasteiger partial charge is 0.338 e. The van der Waals surface area contributed by atoms with Crippen LogP contribution in [0.15, 0.2) is 59.2 Å². The first kappa shape index (κ1) is 13.1. The van der Waals surface area contributed by atoms with Gasteiger partial charge in [0.05, 0.1) is 0 Å². The van der Waals surface area contributed by atoms with Gasteiger partial charge in [0.1, 0.15) is 10.3 Å². The highest BCUT2D eigenvalue weighted by molar-refractivity contribution is 9.10. The minimum atomic E-state index is 0.544. The summed E-state index contributed by atoms with van der Waals surface area (Å²) >= 11 is 8.61. The smallest absolute Gasteiger partial charge is 0.158 e. The van der Waals surface area contributed by atoms with Crippen LogP contribution in [0.25, 0.3) is 22.8 Å². The number of hydrogen-bond donors (Lipinski definition) is 1. The summed E-state index contributed by atoms with van der Waals surface area (Å²) in [5.74, 6) is 0.670. The van der Waals surface area contributed by atoms with E-state index >= 15 is 0 Å². The van der Waals surface area contributed by atoms with E-state index in [0.717, 1.165) is 21.4 Å². The molecule has 5 heteroatoms. The van der Waals surface area contributed by atoms with Crippen LogP contribution in [0.5, 0.6) is 0 Å². The summed E-state index contributed by atoms with van der Waals surface area (Å²) in [6.45, 7) is 0. The zero-order chi connectivity index (χ0) is 13.9. The Morgan fingerprint density at radius 3 is 2.55 bits per heavy atom. The van der Waals surface area contributed by atoms with E-state index in [0.29, 0.717) is 10.5 Å². The minimum Gasteiger partial charge on any atom is -0.338 e. The highest BCUT2D eigenvalue weighted by Gasteiger charge is 2.05. The molecule has 0 spiro atoms. The fraction of sp³-hybridized carbons (Fsp3) is 0. The molecule has 2 aromatic heterocycles. The van der Waals surface area contributed by atoms with Crippen molar-refractivity contribution in [2.75, 3.05) is 0 Å². The van der Waals surface area contributed by atoms with Crippen LogP contribution >= 0.6 is 28.1 Å². The molecule has 3 nitrogen and oxygen atoms in total. The second-order valence-corrected chi connectivity index (χ2v) is 5.54. The molecule has 3 aromatic rings. The van der Waals surface area contributed by atoms with Crippen molar-refractivity contribution in [3.8, 4) is 22.8 Å². The number of pyridine rings is 1. The van der Waals surface area contributed by atoms with Crippen LogP contribution in [0.3, 0.4) is 0 Å². The van der Waals surface area contributed by atoms with Crippen molar-refractivity contribution in [1.82, 2.24) is 15.0 Å². The molecule has 0 aliphatic rings.